The van der Waals surface area contributed by atoms with E-state index in [1.54, 1.807) is 0 Å². The number of halogens is 1. The first-order valence-electron chi connectivity index (χ1n) is 10.3. The van der Waals surface area contributed by atoms with Gasteiger partial charge in [-0.2, -0.15) is 0 Å². The Labute approximate surface area is 170 Å². The third kappa shape index (κ3) is 5.33. The fourth-order valence-electron chi connectivity index (χ4n) is 3.79. The molecule has 2 aromatic rings. The van der Waals surface area contributed by atoms with Crippen LogP contribution >= 0.6 is 11.6 Å². The molecule has 0 atom stereocenters. The van der Waals surface area contributed by atoms with Gasteiger partial charge in [-0.1, -0.05) is 71.2 Å². The van der Waals surface area contributed by atoms with Gasteiger partial charge >= 0.3 is 0 Å². The lowest BCUT2D eigenvalue weighted by Crippen LogP contribution is -2.13. The van der Waals surface area contributed by atoms with Gasteiger partial charge in [0, 0.05) is 23.0 Å². The van der Waals surface area contributed by atoms with Crippen LogP contribution in [0.1, 0.15) is 88.2 Å². The van der Waals surface area contributed by atoms with Gasteiger partial charge in [-0.25, -0.2) is 0 Å². The summed E-state index contributed by atoms with van der Waals surface area (Å²) in [6.07, 6.45) is 5.26. The summed E-state index contributed by atoms with van der Waals surface area (Å²) >= 11 is 6.15. The van der Waals surface area contributed by atoms with Crippen molar-refractivity contribution in [3.8, 4) is 11.1 Å². The smallest absolute Gasteiger partial charge is 0.0472 e. The molecular weight excluding hydrogens is 354 g/mol. The topological polar surface area (TPSA) is 33.1 Å². The number of aromatic nitrogens is 1. The third-order valence-corrected chi connectivity index (χ3v) is 5.33. The van der Waals surface area contributed by atoms with E-state index in [1.165, 1.54) is 40.8 Å². The van der Waals surface area contributed by atoms with Gasteiger partial charge in [-0.3, -0.25) is 4.98 Å². The first kappa shape index (κ1) is 21.9. The zero-order chi connectivity index (χ0) is 20.0. The second kappa shape index (κ2) is 10.2. The molecule has 0 saturated carbocycles. The van der Waals surface area contributed by atoms with Crippen molar-refractivity contribution in [3.05, 3.63) is 51.8 Å². The molecule has 0 unspecified atom stereocenters. The van der Waals surface area contributed by atoms with Gasteiger partial charge in [0.15, 0.2) is 0 Å². The molecular formula is C24H34ClNO. The number of nitrogens with zero attached hydrogens (tertiary/aromatic N) is 1. The van der Waals surface area contributed by atoms with E-state index in [-0.39, 0.29) is 6.61 Å². The maximum Gasteiger partial charge on any atom is 0.0472 e. The predicted molar refractivity (Wildman–Crippen MR) is 117 cm³/mol. The van der Waals surface area contributed by atoms with Crippen molar-refractivity contribution in [2.45, 2.75) is 78.6 Å². The number of benzene rings is 1. The molecule has 0 spiro atoms. The number of rotatable bonds is 9. The van der Waals surface area contributed by atoms with E-state index in [2.05, 4.69) is 46.8 Å². The van der Waals surface area contributed by atoms with Crippen LogP contribution in [0.5, 0.6) is 0 Å². The molecule has 0 aliphatic rings. The lowest BCUT2D eigenvalue weighted by molar-refractivity contribution is 0.299. The molecule has 0 aliphatic carbocycles. The zero-order valence-corrected chi connectivity index (χ0v) is 18.2. The van der Waals surface area contributed by atoms with Crippen molar-refractivity contribution in [2.24, 2.45) is 0 Å². The van der Waals surface area contributed by atoms with E-state index < -0.39 is 0 Å². The van der Waals surface area contributed by atoms with Crippen LogP contribution in [0.2, 0.25) is 5.02 Å². The average molecular weight is 388 g/mol. The Bertz CT molecular complexity index is 735. The molecule has 0 amide bonds. The van der Waals surface area contributed by atoms with Crippen LogP contribution in [0.25, 0.3) is 11.1 Å². The monoisotopic (exact) mass is 387 g/mol. The van der Waals surface area contributed by atoms with E-state index in [0.717, 1.165) is 23.6 Å². The van der Waals surface area contributed by atoms with Crippen molar-refractivity contribution in [1.82, 2.24) is 4.98 Å². The highest BCUT2D eigenvalue weighted by atomic mass is 35.5. The van der Waals surface area contributed by atoms with Crippen LogP contribution in [0.4, 0.5) is 0 Å². The maximum absolute atomic E-state index is 9.78. The lowest BCUT2D eigenvalue weighted by Gasteiger charge is -2.25. The van der Waals surface area contributed by atoms with Gasteiger partial charge in [0.25, 0.3) is 0 Å². The summed E-state index contributed by atoms with van der Waals surface area (Å²) in [5, 5.41) is 10.5. The number of aliphatic hydroxyl groups is 1. The summed E-state index contributed by atoms with van der Waals surface area (Å²) in [4.78, 5) is 5.14. The molecule has 148 valence electrons. The number of hydrogen-bond acceptors (Lipinski definition) is 2. The Balaban J connectivity index is 2.79. The highest BCUT2D eigenvalue weighted by Crippen LogP contribution is 2.38. The molecule has 2 nitrogen and oxygen atoms in total. The number of pyridine rings is 1. The van der Waals surface area contributed by atoms with Gasteiger partial charge in [0.2, 0.25) is 0 Å². The van der Waals surface area contributed by atoms with Gasteiger partial charge in [-0.15, -0.1) is 0 Å². The molecule has 0 aliphatic heterocycles. The van der Waals surface area contributed by atoms with Gasteiger partial charge in [0.1, 0.15) is 0 Å². The van der Waals surface area contributed by atoms with Gasteiger partial charge < -0.3 is 5.11 Å². The number of aliphatic hydroxyl groups excluding tert-OH is 1. The van der Waals surface area contributed by atoms with Crippen molar-refractivity contribution in [3.63, 3.8) is 0 Å². The lowest BCUT2D eigenvalue weighted by atomic mass is 9.84. The van der Waals surface area contributed by atoms with Crippen LogP contribution in [-0.4, -0.2) is 16.7 Å². The SMILES string of the molecule is CCCCCc1c(C(C)C)nc(C(C)C)c(CCO)c1-c1ccc(Cl)cc1. The summed E-state index contributed by atoms with van der Waals surface area (Å²) in [6.45, 7) is 11.2. The van der Waals surface area contributed by atoms with Crippen LogP contribution < -0.4 is 0 Å². The molecule has 2 rings (SSSR count). The van der Waals surface area contributed by atoms with E-state index in [9.17, 15) is 5.11 Å². The molecule has 0 saturated heterocycles. The molecule has 3 heteroatoms. The minimum absolute atomic E-state index is 0.136. The fraction of sp³-hybridized carbons (Fsp3) is 0.542. The highest BCUT2D eigenvalue weighted by molar-refractivity contribution is 6.30. The van der Waals surface area contributed by atoms with Gasteiger partial charge in [-0.05, 0) is 65.5 Å². The molecule has 0 bridgehead atoms. The number of hydrogen-bond donors (Lipinski definition) is 1. The second-order valence-electron chi connectivity index (χ2n) is 7.96. The molecule has 1 aromatic carbocycles. The first-order chi connectivity index (χ1) is 12.9. The van der Waals surface area contributed by atoms with Crippen molar-refractivity contribution < 1.29 is 5.11 Å². The summed E-state index contributed by atoms with van der Waals surface area (Å²) in [5.41, 5.74) is 7.34. The Kier molecular flexibility index (Phi) is 8.31. The van der Waals surface area contributed by atoms with E-state index in [4.69, 9.17) is 16.6 Å². The highest BCUT2D eigenvalue weighted by Gasteiger charge is 2.23. The minimum Gasteiger partial charge on any atom is -0.396 e. The first-order valence-corrected chi connectivity index (χ1v) is 10.7. The Morgan fingerprint density at radius 3 is 1.93 bits per heavy atom. The Morgan fingerprint density at radius 2 is 1.44 bits per heavy atom. The molecule has 1 N–H and O–H groups in total. The molecule has 27 heavy (non-hydrogen) atoms. The number of unbranched alkanes of at least 4 members (excludes halogenated alkanes) is 2. The standard InChI is InChI=1S/C24H34ClNO/c1-6-7-8-9-20-22(18-10-12-19(25)13-11-18)21(14-15-27)24(17(4)5)26-23(20)16(2)3/h10-13,16-17,27H,6-9,14-15H2,1-5H3. The summed E-state index contributed by atoms with van der Waals surface area (Å²) in [6, 6.07) is 8.13. The van der Waals surface area contributed by atoms with Crippen molar-refractivity contribution in [1.29, 1.82) is 0 Å². The summed E-state index contributed by atoms with van der Waals surface area (Å²) in [7, 11) is 0. The van der Waals surface area contributed by atoms with Crippen LogP contribution in [-0.2, 0) is 12.8 Å². The second-order valence-corrected chi connectivity index (χ2v) is 8.40. The predicted octanol–water partition coefficient (Wildman–Crippen LogP) is 6.92. The van der Waals surface area contributed by atoms with Crippen LogP contribution in [0, 0.1) is 0 Å². The maximum atomic E-state index is 9.78. The third-order valence-electron chi connectivity index (χ3n) is 5.08. The average Bonchev–Trinajstić information content (AvgIpc) is 2.62. The minimum atomic E-state index is 0.136. The van der Waals surface area contributed by atoms with Crippen LogP contribution in [0.3, 0.4) is 0 Å². The molecule has 0 radical (unpaired) electrons. The Morgan fingerprint density at radius 1 is 0.889 bits per heavy atom. The normalized spacial score (nSPS) is 11.6. The van der Waals surface area contributed by atoms with E-state index in [1.807, 2.05) is 12.1 Å². The van der Waals surface area contributed by atoms with Crippen molar-refractivity contribution >= 4 is 11.6 Å². The molecule has 1 aromatic heterocycles. The molecule has 1 heterocycles. The van der Waals surface area contributed by atoms with E-state index in [0.29, 0.717) is 18.3 Å². The van der Waals surface area contributed by atoms with Crippen LogP contribution in [0.15, 0.2) is 24.3 Å². The largest absolute Gasteiger partial charge is 0.396 e. The summed E-state index contributed by atoms with van der Waals surface area (Å²) in [5.74, 6) is 0.688. The quantitative estimate of drug-likeness (QED) is 0.474. The van der Waals surface area contributed by atoms with E-state index >= 15 is 0 Å². The Hall–Kier alpha value is -1.38. The van der Waals surface area contributed by atoms with Gasteiger partial charge in [0.05, 0.1) is 0 Å². The molecule has 0 fully saturated rings. The fourth-order valence-corrected chi connectivity index (χ4v) is 3.92. The van der Waals surface area contributed by atoms with Crippen molar-refractivity contribution in [2.75, 3.05) is 6.61 Å². The zero-order valence-electron chi connectivity index (χ0n) is 17.5. The summed E-state index contributed by atoms with van der Waals surface area (Å²) < 4.78 is 0.